The average molecular weight is 249 g/mol. The molecular formula is C8H15N3O4S. The van der Waals surface area contributed by atoms with Crippen molar-refractivity contribution in [1.29, 1.82) is 0 Å². The highest BCUT2D eigenvalue weighted by molar-refractivity contribution is 7.89. The summed E-state index contributed by atoms with van der Waals surface area (Å²) in [4.78, 5) is 0. The van der Waals surface area contributed by atoms with Crippen LogP contribution in [-0.4, -0.2) is 43.8 Å². The van der Waals surface area contributed by atoms with Crippen molar-refractivity contribution >= 4 is 10.0 Å². The Kier molecular flexibility index (Phi) is 4.71. The molecule has 0 atom stereocenters. The molecular weight excluding hydrogens is 234 g/mol. The molecule has 1 rings (SSSR count). The maximum atomic E-state index is 10.5. The van der Waals surface area contributed by atoms with E-state index in [9.17, 15) is 8.42 Å². The van der Waals surface area contributed by atoms with Crippen molar-refractivity contribution in [2.24, 2.45) is 12.2 Å². The third-order valence-electron chi connectivity index (χ3n) is 1.69. The number of nitrogens with two attached hydrogens (primary N) is 1. The molecule has 0 aliphatic rings. The van der Waals surface area contributed by atoms with Crippen LogP contribution >= 0.6 is 0 Å². The summed E-state index contributed by atoms with van der Waals surface area (Å²) in [5.41, 5.74) is 0. The fourth-order valence-corrected chi connectivity index (χ4v) is 1.32. The van der Waals surface area contributed by atoms with Gasteiger partial charge < -0.3 is 9.47 Å². The molecule has 1 heterocycles. The highest BCUT2D eigenvalue weighted by Gasteiger charge is 2.01. The van der Waals surface area contributed by atoms with E-state index in [1.54, 1.807) is 24.1 Å². The summed E-state index contributed by atoms with van der Waals surface area (Å²) in [7, 11) is -1.65. The Morgan fingerprint density at radius 1 is 1.44 bits per heavy atom. The fraction of sp³-hybridized carbons (Fsp3) is 0.625. The van der Waals surface area contributed by atoms with E-state index in [1.165, 1.54) is 0 Å². The maximum absolute atomic E-state index is 10.5. The number of nitrogens with zero attached hydrogens (tertiary/aromatic N) is 2. The van der Waals surface area contributed by atoms with Crippen LogP contribution in [0.5, 0.6) is 5.75 Å². The van der Waals surface area contributed by atoms with Crippen molar-refractivity contribution in [1.82, 2.24) is 9.78 Å². The molecule has 1 aromatic heterocycles. The molecule has 0 saturated heterocycles. The second kappa shape index (κ2) is 5.83. The van der Waals surface area contributed by atoms with Gasteiger partial charge in [-0.2, -0.15) is 5.10 Å². The van der Waals surface area contributed by atoms with E-state index in [4.69, 9.17) is 14.6 Å². The monoisotopic (exact) mass is 249 g/mol. The first kappa shape index (κ1) is 12.9. The minimum absolute atomic E-state index is 0.0786. The SMILES string of the molecule is Cn1cc(OCCOCCS(N)(=O)=O)cn1. The number of aromatic nitrogens is 2. The van der Waals surface area contributed by atoms with Gasteiger partial charge in [-0.15, -0.1) is 0 Å². The molecule has 2 N–H and O–H groups in total. The molecule has 16 heavy (non-hydrogen) atoms. The molecule has 0 amide bonds. The lowest BCUT2D eigenvalue weighted by Crippen LogP contribution is -2.21. The van der Waals surface area contributed by atoms with Crippen LogP contribution in [0, 0.1) is 0 Å². The van der Waals surface area contributed by atoms with E-state index in [-0.39, 0.29) is 12.4 Å². The minimum atomic E-state index is -3.44. The first-order chi connectivity index (χ1) is 7.47. The smallest absolute Gasteiger partial charge is 0.211 e. The van der Waals surface area contributed by atoms with Gasteiger partial charge in [0.2, 0.25) is 10.0 Å². The predicted molar refractivity (Wildman–Crippen MR) is 57.5 cm³/mol. The average Bonchev–Trinajstić information content (AvgIpc) is 2.56. The molecule has 0 aliphatic heterocycles. The van der Waals surface area contributed by atoms with Crippen LogP contribution in [0.1, 0.15) is 0 Å². The van der Waals surface area contributed by atoms with Gasteiger partial charge in [-0.25, -0.2) is 13.6 Å². The largest absolute Gasteiger partial charge is 0.488 e. The number of rotatable bonds is 7. The second-order valence-electron chi connectivity index (χ2n) is 3.18. The van der Waals surface area contributed by atoms with Crippen LogP contribution in [0.15, 0.2) is 12.4 Å². The number of hydrogen-bond donors (Lipinski definition) is 1. The Labute approximate surface area is 94.2 Å². The highest BCUT2D eigenvalue weighted by Crippen LogP contribution is 2.05. The minimum Gasteiger partial charge on any atom is -0.488 e. The van der Waals surface area contributed by atoms with E-state index >= 15 is 0 Å². The van der Waals surface area contributed by atoms with Gasteiger partial charge in [0, 0.05) is 7.05 Å². The Balaban J connectivity index is 2.04. The van der Waals surface area contributed by atoms with Crippen LogP contribution in [0.25, 0.3) is 0 Å². The van der Waals surface area contributed by atoms with Crippen LogP contribution in [0.2, 0.25) is 0 Å². The molecule has 0 aliphatic carbocycles. The summed E-state index contributed by atoms with van der Waals surface area (Å²) in [5, 5.41) is 8.71. The first-order valence-electron chi connectivity index (χ1n) is 4.67. The van der Waals surface area contributed by atoms with Gasteiger partial charge in [0.15, 0.2) is 5.75 Å². The number of sulfonamides is 1. The van der Waals surface area contributed by atoms with Gasteiger partial charge in [-0.3, -0.25) is 4.68 Å². The third kappa shape index (κ3) is 5.69. The summed E-state index contributed by atoms with van der Waals surface area (Å²) >= 11 is 0. The molecule has 7 nitrogen and oxygen atoms in total. The third-order valence-corrected chi connectivity index (χ3v) is 2.43. The zero-order chi connectivity index (χ0) is 12.0. The fourth-order valence-electron chi connectivity index (χ4n) is 0.969. The van der Waals surface area contributed by atoms with Crippen LogP contribution < -0.4 is 9.88 Å². The van der Waals surface area contributed by atoms with E-state index in [1.807, 2.05) is 0 Å². The van der Waals surface area contributed by atoms with Crippen LogP contribution in [0.4, 0.5) is 0 Å². The van der Waals surface area contributed by atoms with Crippen LogP contribution in [0.3, 0.4) is 0 Å². The molecule has 0 unspecified atom stereocenters. The molecule has 0 aromatic carbocycles. The molecule has 0 spiro atoms. The quantitative estimate of drug-likeness (QED) is 0.632. The lowest BCUT2D eigenvalue weighted by Gasteiger charge is -2.04. The van der Waals surface area contributed by atoms with Gasteiger partial charge >= 0.3 is 0 Å². The van der Waals surface area contributed by atoms with E-state index in [0.29, 0.717) is 19.0 Å². The van der Waals surface area contributed by atoms with E-state index in [2.05, 4.69) is 5.10 Å². The van der Waals surface area contributed by atoms with Crippen molar-refractivity contribution in [2.75, 3.05) is 25.6 Å². The van der Waals surface area contributed by atoms with Crippen LogP contribution in [-0.2, 0) is 21.8 Å². The molecule has 0 fully saturated rings. The van der Waals surface area contributed by atoms with E-state index < -0.39 is 10.0 Å². The standard InChI is InChI=1S/C8H15N3O4S/c1-11-7-8(6-10-11)15-3-2-14-4-5-16(9,12)13/h6-7H,2-5H2,1H3,(H2,9,12,13). The Morgan fingerprint density at radius 3 is 2.75 bits per heavy atom. The van der Waals surface area contributed by atoms with Gasteiger partial charge in [0.25, 0.3) is 0 Å². The molecule has 1 aromatic rings. The molecule has 0 saturated carbocycles. The highest BCUT2D eigenvalue weighted by atomic mass is 32.2. The topological polar surface area (TPSA) is 96.4 Å². The molecule has 8 heteroatoms. The van der Waals surface area contributed by atoms with Gasteiger partial charge in [-0.1, -0.05) is 0 Å². The Bertz CT molecular complexity index is 415. The summed E-state index contributed by atoms with van der Waals surface area (Å²) in [5.74, 6) is 0.470. The summed E-state index contributed by atoms with van der Waals surface area (Å²) in [6.45, 7) is 0.732. The lowest BCUT2D eigenvalue weighted by atomic mass is 10.6. The zero-order valence-corrected chi connectivity index (χ0v) is 9.81. The zero-order valence-electron chi connectivity index (χ0n) is 9.00. The van der Waals surface area contributed by atoms with Gasteiger partial charge in [0.1, 0.15) is 6.61 Å². The van der Waals surface area contributed by atoms with Crippen molar-refractivity contribution in [2.45, 2.75) is 0 Å². The van der Waals surface area contributed by atoms with Crippen molar-refractivity contribution in [3.05, 3.63) is 12.4 Å². The van der Waals surface area contributed by atoms with Gasteiger partial charge in [0.05, 0.1) is 31.4 Å². The van der Waals surface area contributed by atoms with Crippen molar-refractivity contribution < 1.29 is 17.9 Å². The predicted octanol–water partition coefficient (Wildman–Crippen LogP) is -0.896. The van der Waals surface area contributed by atoms with Crippen molar-refractivity contribution in [3.8, 4) is 5.75 Å². The molecule has 0 bridgehead atoms. The Hall–Kier alpha value is -1.12. The van der Waals surface area contributed by atoms with E-state index in [0.717, 1.165) is 0 Å². The number of primary sulfonamides is 1. The molecule has 0 radical (unpaired) electrons. The summed E-state index contributed by atoms with van der Waals surface area (Å²) in [6, 6.07) is 0. The second-order valence-corrected chi connectivity index (χ2v) is 4.91. The lowest BCUT2D eigenvalue weighted by molar-refractivity contribution is 0.111. The first-order valence-corrected chi connectivity index (χ1v) is 6.38. The number of hydrogen-bond acceptors (Lipinski definition) is 5. The number of ether oxygens (including phenoxy) is 2. The summed E-state index contributed by atoms with van der Waals surface area (Å²) < 4.78 is 33.0. The summed E-state index contributed by atoms with van der Waals surface area (Å²) in [6.07, 6.45) is 3.31. The van der Waals surface area contributed by atoms with Crippen molar-refractivity contribution in [3.63, 3.8) is 0 Å². The Morgan fingerprint density at radius 2 is 2.19 bits per heavy atom. The normalized spacial score (nSPS) is 11.6. The maximum Gasteiger partial charge on any atom is 0.211 e. The molecule has 92 valence electrons. The van der Waals surface area contributed by atoms with Gasteiger partial charge in [-0.05, 0) is 0 Å². The number of aryl methyl sites for hydroxylation is 1.